The smallest absolute Gasteiger partial charge is 0.291 e. The molecule has 0 bridgehead atoms. The van der Waals surface area contributed by atoms with Crippen LogP contribution >= 0.6 is 11.3 Å². The number of nitrogens with zero attached hydrogens (tertiary/aromatic N) is 3. The predicted molar refractivity (Wildman–Crippen MR) is 127 cm³/mol. The van der Waals surface area contributed by atoms with Gasteiger partial charge in [0.2, 0.25) is 4.96 Å². The lowest BCUT2D eigenvalue weighted by Crippen LogP contribution is -2.23. The summed E-state index contributed by atoms with van der Waals surface area (Å²) >= 11 is 1.30. The van der Waals surface area contributed by atoms with Gasteiger partial charge in [-0.3, -0.25) is 4.79 Å². The molecule has 0 atom stereocenters. The number of rotatable bonds is 8. The third kappa shape index (κ3) is 4.50. The van der Waals surface area contributed by atoms with E-state index in [1.165, 1.54) is 15.9 Å². The molecule has 7 nitrogen and oxygen atoms in total. The Bertz CT molecular complexity index is 1370. The summed E-state index contributed by atoms with van der Waals surface area (Å²) in [4.78, 5) is 17.9. The molecule has 0 saturated carbocycles. The molecule has 0 aliphatic carbocycles. The van der Waals surface area contributed by atoms with E-state index in [4.69, 9.17) is 14.2 Å². The summed E-state index contributed by atoms with van der Waals surface area (Å²) in [7, 11) is 3.19. The van der Waals surface area contributed by atoms with Gasteiger partial charge in [-0.25, -0.2) is 0 Å². The lowest BCUT2D eigenvalue weighted by atomic mass is 10.2. The summed E-state index contributed by atoms with van der Waals surface area (Å²) in [5.41, 5.74) is 1.56. The van der Waals surface area contributed by atoms with E-state index in [0.717, 1.165) is 23.3 Å². The number of benzene rings is 2. The molecule has 0 amide bonds. The van der Waals surface area contributed by atoms with Gasteiger partial charge in [0.1, 0.15) is 5.75 Å². The number of hydrogen-bond acceptors (Lipinski definition) is 7. The summed E-state index contributed by atoms with van der Waals surface area (Å²) in [6.07, 6.45) is 6.36. The van der Waals surface area contributed by atoms with Gasteiger partial charge in [-0.2, -0.15) is 9.50 Å². The minimum atomic E-state index is -0.200. The zero-order valence-electron chi connectivity index (χ0n) is 18.1. The number of thiazole rings is 1. The lowest BCUT2D eigenvalue weighted by molar-refractivity contribution is 0.317. The van der Waals surface area contributed by atoms with Crippen molar-refractivity contribution in [1.29, 1.82) is 0 Å². The second-order valence-corrected chi connectivity index (χ2v) is 7.92. The second-order valence-electron chi connectivity index (χ2n) is 6.91. The van der Waals surface area contributed by atoms with Crippen LogP contribution in [0.1, 0.15) is 30.3 Å². The molecule has 2 aromatic carbocycles. The number of fused-ring (bicyclic) bond motifs is 1. The third-order valence-corrected chi connectivity index (χ3v) is 5.66. The topological polar surface area (TPSA) is 74.9 Å². The molecule has 0 aliphatic rings. The first kappa shape index (κ1) is 21.6. The van der Waals surface area contributed by atoms with Gasteiger partial charge in [0.25, 0.3) is 5.56 Å². The molecule has 164 valence electrons. The fourth-order valence-electron chi connectivity index (χ4n) is 3.13. The highest BCUT2D eigenvalue weighted by Gasteiger charge is 2.10. The zero-order chi connectivity index (χ0) is 22.5. The van der Waals surface area contributed by atoms with Crippen LogP contribution in [0.25, 0.3) is 23.2 Å². The highest BCUT2D eigenvalue weighted by molar-refractivity contribution is 7.15. The number of aromatic nitrogens is 3. The van der Waals surface area contributed by atoms with Crippen molar-refractivity contribution in [3.05, 3.63) is 74.3 Å². The van der Waals surface area contributed by atoms with E-state index >= 15 is 0 Å². The van der Waals surface area contributed by atoms with Crippen LogP contribution in [0.5, 0.6) is 17.2 Å². The van der Waals surface area contributed by atoms with E-state index in [0.29, 0.717) is 33.4 Å². The summed E-state index contributed by atoms with van der Waals surface area (Å²) < 4.78 is 18.3. The Kier molecular flexibility index (Phi) is 6.51. The molecule has 0 aliphatic heterocycles. The standard InChI is InChI=1S/C24H23N3O4S/c1-4-13-31-18-8-6-5-7-17(18)15-21-23(28)27-24(32-21)25-22(26-27)12-10-16-9-11-19(29-2)20(14-16)30-3/h5-12,14-15H,4,13H2,1-3H3. The molecule has 0 radical (unpaired) electrons. The minimum Gasteiger partial charge on any atom is -0.493 e. The second kappa shape index (κ2) is 9.65. The van der Waals surface area contributed by atoms with Crippen molar-refractivity contribution in [3.8, 4) is 17.2 Å². The van der Waals surface area contributed by atoms with Gasteiger partial charge in [0, 0.05) is 5.56 Å². The number of ether oxygens (including phenoxy) is 3. The van der Waals surface area contributed by atoms with Crippen molar-refractivity contribution in [2.24, 2.45) is 0 Å². The molecule has 4 aromatic rings. The minimum absolute atomic E-state index is 0.200. The maximum atomic E-state index is 12.8. The van der Waals surface area contributed by atoms with Gasteiger partial charge >= 0.3 is 0 Å². The summed E-state index contributed by atoms with van der Waals surface area (Å²) in [6.45, 7) is 2.68. The molecule has 4 rings (SSSR count). The summed E-state index contributed by atoms with van der Waals surface area (Å²) in [6, 6.07) is 13.3. The fourth-order valence-corrected chi connectivity index (χ4v) is 4.04. The van der Waals surface area contributed by atoms with Gasteiger partial charge in [-0.15, -0.1) is 5.10 Å². The molecule has 8 heteroatoms. The van der Waals surface area contributed by atoms with Crippen LogP contribution < -0.4 is 24.3 Å². The van der Waals surface area contributed by atoms with Crippen molar-refractivity contribution in [2.75, 3.05) is 20.8 Å². The van der Waals surface area contributed by atoms with Crippen molar-refractivity contribution < 1.29 is 14.2 Å². The molecular formula is C24H23N3O4S. The Hall–Kier alpha value is -3.65. The average Bonchev–Trinajstić information content (AvgIpc) is 3.35. The molecule has 0 unspecified atom stereocenters. The van der Waals surface area contributed by atoms with Gasteiger partial charge in [0.05, 0.1) is 25.4 Å². The number of methoxy groups -OCH3 is 2. The van der Waals surface area contributed by atoms with Crippen LogP contribution in [0.3, 0.4) is 0 Å². The Labute approximate surface area is 189 Å². The number of hydrogen-bond donors (Lipinski definition) is 0. The Morgan fingerprint density at radius 2 is 1.84 bits per heavy atom. The van der Waals surface area contributed by atoms with E-state index in [2.05, 4.69) is 17.0 Å². The Morgan fingerprint density at radius 3 is 2.59 bits per heavy atom. The van der Waals surface area contributed by atoms with Crippen LogP contribution in [-0.4, -0.2) is 35.4 Å². The first-order valence-corrected chi connectivity index (χ1v) is 11.0. The largest absolute Gasteiger partial charge is 0.493 e. The van der Waals surface area contributed by atoms with E-state index in [-0.39, 0.29) is 5.56 Å². The Morgan fingerprint density at radius 1 is 1.03 bits per heavy atom. The van der Waals surface area contributed by atoms with E-state index in [9.17, 15) is 4.79 Å². The van der Waals surface area contributed by atoms with E-state index in [1.54, 1.807) is 20.3 Å². The molecule has 2 aromatic heterocycles. The highest BCUT2D eigenvalue weighted by Crippen LogP contribution is 2.28. The van der Waals surface area contributed by atoms with Crippen LogP contribution in [0.4, 0.5) is 0 Å². The van der Waals surface area contributed by atoms with Gasteiger partial charge in [-0.1, -0.05) is 48.6 Å². The molecule has 0 saturated heterocycles. The van der Waals surface area contributed by atoms with Crippen LogP contribution in [0, 0.1) is 0 Å². The molecule has 0 fully saturated rings. The molecule has 0 spiro atoms. The van der Waals surface area contributed by atoms with Gasteiger partial charge in [0.15, 0.2) is 17.3 Å². The predicted octanol–water partition coefficient (Wildman–Crippen LogP) is 3.68. The SMILES string of the molecule is CCCOc1ccccc1C=c1sc2nc(C=Cc3ccc(OC)c(OC)c3)nn2c1=O. The molecule has 0 N–H and O–H groups in total. The maximum absolute atomic E-state index is 12.8. The van der Waals surface area contributed by atoms with Gasteiger partial charge in [-0.05, 0) is 42.3 Å². The number of para-hydroxylation sites is 1. The van der Waals surface area contributed by atoms with Crippen LogP contribution in [-0.2, 0) is 0 Å². The monoisotopic (exact) mass is 449 g/mol. The summed E-state index contributed by atoms with van der Waals surface area (Å²) in [5, 5.41) is 4.35. The molecular weight excluding hydrogens is 426 g/mol. The lowest BCUT2D eigenvalue weighted by Gasteiger charge is -2.07. The third-order valence-electron chi connectivity index (χ3n) is 4.70. The van der Waals surface area contributed by atoms with E-state index < -0.39 is 0 Å². The molecule has 32 heavy (non-hydrogen) atoms. The first-order chi connectivity index (χ1) is 15.6. The van der Waals surface area contributed by atoms with Gasteiger partial charge < -0.3 is 14.2 Å². The average molecular weight is 450 g/mol. The fraction of sp³-hybridized carbons (Fsp3) is 0.208. The van der Waals surface area contributed by atoms with Crippen molar-refractivity contribution in [3.63, 3.8) is 0 Å². The van der Waals surface area contributed by atoms with E-state index in [1.807, 2.05) is 54.6 Å². The zero-order valence-corrected chi connectivity index (χ0v) is 18.9. The van der Waals surface area contributed by atoms with Crippen molar-refractivity contribution in [2.45, 2.75) is 13.3 Å². The van der Waals surface area contributed by atoms with Crippen LogP contribution in [0.15, 0.2) is 47.3 Å². The normalized spacial score (nSPS) is 12.0. The summed E-state index contributed by atoms with van der Waals surface area (Å²) in [5.74, 6) is 2.51. The Balaban J connectivity index is 1.62. The van der Waals surface area contributed by atoms with Crippen molar-refractivity contribution >= 4 is 34.5 Å². The maximum Gasteiger partial charge on any atom is 0.291 e. The molecule has 2 heterocycles. The quantitative estimate of drug-likeness (QED) is 0.409. The van der Waals surface area contributed by atoms with Crippen LogP contribution in [0.2, 0.25) is 0 Å². The van der Waals surface area contributed by atoms with Crippen molar-refractivity contribution in [1.82, 2.24) is 14.6 Å². The highest BCUT2D eigenvalue weighted by atomic mass is 32.1. The first-order valence-electron chi connectivity index (χ1n) is 10.2.